The lowest BCUT2D eigenvalue weighted by Gasteiger charge is -2.62. The zero-order chi connectivity index (χ0) is 27.0. The van der Waals surface area contributed by atoms with Gasteiger partial charge < -0.3 is 14.6 Å². The summed E-state index contributed by atoms with van der Waals surface area (Å²) in [6.45, 7) is 11.9. The van der Waals surface area contributed by atoms with Crippen LogP contribution in [0.2, 0.25) is 0 Å². The molecule has 0 aromatic heterocycles. The van der Waals surface area contributed by atoms with E-state index in [1.165, 1.54) is 11.8 Å². The summed E-state index contributed by atoms with van der Waals surface area (Å²) in [6, 6.07) is 9.50. The minimum absolute atomic E-state index is 0.0913. The van der Waals surface area contributed by atoms with Gasteiger partial charge in [-0.05, 0) is 55.1 Å². The smallest absolute Gasteiger partial charge is 0.344 e. The number of aliphatic hydroxyl groups excluding tert-OH is 1. The van der Waals surface area contributed by atoms with Crippen molar-refractivity contribution in [3.05, 3.63) is 43.0 Å². The molecule has 8 atom stereocenters. The second kappa shape index (κ2) is 10.6. The monoisotopic (exact) mass is 528 g/mol. The van der Waals surface area contributed by atoms with Gasteiger partial charge >= 0.3 is 11.9 Å². The van der Waals surface area contributed by atoms with Crippen LogP contribution in [0, 0.1) is 34.0 Å². The Morgan fingerprint density at radius 2 is 1.86 bits per heavy atom. The van der Waals surface area contributed by atoms with E-state index in [2.05, 4.69) is 27.4 Å². The van der Waals surface area contributed by atoms with Gasteiger partial charge in [-0.15, -0.1) is 18.3 Å². The minimum Gasteiger partial charge on any atom is -0.459 e. The maximum absolute atomic E-state index is 13.4. The normalized spacial score (nSPS) is 39.2. The van der Waals surface area contributed by atoms with Crippen LogP contribution in [0.25, 0.3) is 0 Å². The van der Waals surface area contributed by atoms with Crippen molar-refractivity contribution in [2.45, 2.75) is 76.9 Å². The number of hydrogen-bond acceptors (Lipinski definition) is 7. The maximum Gasteiger partial charge on any atom is 0.344 e. The largest absolute Gasteiger partial charge is 0.459 e. The summed E-state index contributed by atoms with van der Waals surface area (Å²) in [5.74, 6) is -0.936. The highest BCUT2D eigenvalue weighted by Gasteiger charge is 2.68. The standard InChI is InChI=1S/C30H40O6S/c1-6-28(4)16-23(36-24(32)17-35-25(33)18-37-21-10-8-7-9-11-21)29(5)14-12-19(2)30(20(3)27(28)34)15-13-22(31)26(29)30/h6-11,19-20,23,26-27,34H,1,12-18H2,2-5H3/t19-,20+,23-,26+,27+,28-,29+,30+/m1/s1. The lowest BCUT2D eigenvalue weighted by molar-refractivity contribution is -0.207. The topological polar surface area (TPSA) is 89.9 Å². The molecule has 1 aromatic rings. The van der Waals surface area contributed by atoms with Gasteiger partial charge in [0, 0.05) is 28.1 Å². The number of aliphatic hydroxyl groups is 1. The second-order valence-electron chi connectivity index (χ2n) is 11.8. The Morgan fingerprint density at radius 3 is 2.54 bits per heavy atom. The van der Waals surface area contributed by atoms with Crippen molar-refractivity contribution in [2.75, 3.05) is 12.4 Å². The average molecular weight is 529 g/mol. The molecule has 0 spiro atoms. The van der Waals surface area contributed by atoms with Crippen LogP contribution in [0.4, 0.5) is 0 Å². The number of ketones is 1. The number of rotatable bonds is 7. The van der Waals surface area contributed by atoms with Crippen molar-refractivity contribution >= 4 is 29.5 Å². The summed E-state index contributed by atoms with van der Waals surface area (Å²) in [4.78, 5) is 39.6. The van der Waals surface area contributed by atoms with Gasteiger partial charge in [0.2, 0.25) is 0 Å². The molecule has 7 heteroatoms. The van der Waals surface area contributed by atoms with Crippen molar-refractivity contribution in [3.63, 3.8) is 0 Å². The average Bonchev–Trinajstić information content (AvgIpc) is 3.26. The van der Waals surface area contributed by atoms with Crippen LogP contribution in [-0.4, -0.2) is 47.4 Å². The Hall–Kier alpha value is -2.12. The second-order valence-corrected chi connectivity index (χ2v) is 12.9. The summed E-state index contributed by atoms with van der Waals surface area (Å²) in [5.41, 5.74) is -1.61. The number of thioether (sulfide) groups is 1. The molecule has 6 nitrogen and oxygen atoms in total. The maximum atomic E-state index is 13.4. The molecule has 3 aliphatic carbocycles. The SMILES string of the molecule is C=C[C@]1(C)C[C@@H](OC(=O)COC(=O)CSc2ccccc2)[C@]2(C)CC[C@@H](C)[C@@]3(CCC(=O)[C@@H]23)[C@@H](C)[C@@H]1O. The Labute approximate surface area is 224 Å². The fourth-order valence-electron chi connectivity index (χ4n) is 7.70. The van der Waals surface area contributed by atoms with E-state index in [1.54, 1.807) is 6.08 Å². The summed E-state index contributed by atoms with van der Waals surface area (Å²) < 4.78 is 11.3. The molecule has 0 heterocycles. The van der Waals surface area contributed by atoms with Gasteiger partial charge in [0.05, 0.1) is 11.9 Å². The molecule has 1 N–H and O–H groups in total. The van der Waals surface area contributed by atoms with E-state index in [9.17, 15) is 19.5 Å². The molecule has 0 saturated heterocycles. The predicted octanol–water partition coefficient (Wildman–Crippen LogP) is 5.23. The first-order valence-electron chi connectivity index (χ1n) is 13.4. The molecule has 0 radical (unpaired) electrons. The Morgan fingerprint density at radius 1 is 1.16 bits per heavy atom. The van der Waals surface area contributed by atoms with Crippen LogP contribution in [0.5, 0.6) is 0 Å². The van der Waals surface area contributed by atoms with Gasteiger partial charge in [0.15, 0.2) is 6.61 Å². The molecule has 4 rings (SSSR count). The molecular formula is C30H40O6S. The fourth-order valence-corrected chi connectivity index (χ4v) is 8.42. The van der Waals surface area contributed by atoms with Crippen LogP contribution in [0.15, 0.2) is 47.9 Å². The number of benzene rings is 1. The van der Waals surface area contributed by atoms with E-state index in [1.807, 2.05) is 37.3 Å². The highest BCUT2D eigenvalue weighted by molar-refractivity contribution is 8.00. The van der Waals surface area contributed by atoms with Crippen LogP contribution in [0.1, 0.15) is 59.8 Å². The number of ether oxygens (including phenoxy) is 2. The Bertz CT molecular complexity index is 1040. The molecule has 3 saturated carbocycles. The Kier molecular flexibility index (Phi) is 7.97. The molecular weight excluding hydrogens is 488 g/mol. The van der Waals surface area contributed by atoms with Gasteiger partial charge in [-0.2, -0.15) is 0 Å². The predicted molar refractivity (Wildman–Crippen MR) is 143 cm³/mol. The first kappa shape index (κ1) is 27.9. The number of carbonyl (C=O) groups excluding carboxylic acids is 3. The summed E-state index contributed by atoms with van der Waals surface area (Å²) >= 11 is 1.34. The van der Waals surface area contributed by atoms with E-state index in [-0.39, 0.29) is 34.7 Å². The molecule has 3 fully saturated rings. The quantitative estimate of drug-likeness (QED) is 0.294. The van der Waals surface area contributed by atoms with Crippen molar-refractivity contribution in [3.8, 4) is 0 Å². The minimum atomic E-state index is -0.724. The van der Waals surface area contributed by atoms with Crippen molar-refractivity contribution < 1.29 is 29.0 Å². The molecule has 3 aliphatic rings. The zero-order valence-electron chi connectivity index (χ0n) is 22.4. The van der Waals surface area contributed by atoms with Crippen molar-refractivity contribution in [1.29, 1.82) is 0 Å². The van der Waals surface area contributed by atoms with Gasteiger partial charge in [-0.3, -0.25) is 9.59 Å². The van der Waals surface area contributed by atoms with Crippen molar-refractivity contribution in [1.82, 2.24) is 0 Å². The van der Waals surface area contributed by atoms with E-state index in [0.717, 1.165) is 24.2 Å². The van der Waals surface area contributed by atoms with Crippen LogP contribution in [0.3, 0.4) is 0 Å². The van der Waals surface area contributed by atoms with Gasteiger partial charge in [0.1, 0.15) is 11.9 Å². The highest BCUT2D eigenvalue weighted by atomic mass is 32.2. The third-order valence-corrected chi connectivity index (χ3v) is 10.9. The first-order valence-corrected chi connectivity index (χ1v) is 14.3. The van der Waals surface area contributed by atoms with Crippen molar-refractivity contribution in [2.24, 2.45) is 34.0 Å². The summed E-state index contributed by atoms with van der Waals surface area (Å²) in [7, 11) is 0. The molecule has 37 heavy (non-hydrogen) atoms. The Balaban J connectivity index is 1.53. The third-order valence-electron chi connectivity index (χ3n) is 9.91. The van der Waals surface area contributed by atoms with Gasteiger partial charge in [0.25, 0.3) is 0 Å². The summed E-state index contributed by atoms with van der Waals surface area (Å²) in [6.07, 6.45) is 3.69. The van der Waals surface area contributed by atoms with Gasteiger partial charge in [-0.25, -0.2) is 4.79 Å². The number of Topliss-reactive ketones (excluding diaryl/α,β-unsaturated/α-hetero) is 1. The van der Waals surface area contributed by atoms with Crippen LogP contribution >= 0.6 is 11.8 Å². The molecule has 1 aromatic carbocycles. The van der Waals surface area contributed by atoms with E-state index < -0.39 is 41.6 Å². The number of esters is 2. The molecule has 0 unspecified atom stereocenters. The lowest BCUT2D eigenvalue weighted by Crippen LogP contribution is -2.63. The first-order chi connectivity index (χ1) is 17.5. The zero-order valence-corrected chi connectivity index (χ0v) is 23.2. The number of hydrogen-bond donors (Lipinski definition) is 1. The number of carbonyl (C=O) groups is 3. The highest BCUT2D eigenvalue weighted by Crippen LogP contribution is 2.68. The van der Waals surface area contributed by atoms with Gasteiger partial charge in [-0.1, -0.05) is 52.0 Å². The molecule has 0 amide bonds. The van der Waals surface area contributed by atoms with Crippen LogP contribution in [-0.2, 0) is 23.9 Å². The third kappa shape index (κ3) is 4.89. The molecule has 0 aliphatic heterocycles. The van der Waals surface area contributed by atoms with E-state index in [0.29, 0.717) is 12.8 Å². The lowest BCUT2D eigenvalue weighted by atomic mass is 9.43. The van der Waals surface area contributed by atoms with Crippen LogP contribution < -0.4 is 0 Å². The van der Waals surface area contributed by atoms with E-state index >= 15 is 0 Å². The molecule has 202 valence electrons. The molecule has 2 bridgehead atoms. The fraction of sp³-hybridized carbons (Fsp3) is 0.633. The van der Waals surface area contributed by atoms with E-state index in [4.69, 9.17) is 9.47 Å². The summed E-state index contributed by atoms with van der Waals surface area (Å²) in [5, 5.41) is 11.6.